The predicted octanol–water partition coefficient (Wildman–Crippen LogP) is 6.55. The first-order chi connectivity index (χ1) is 13.9. The standard InChI is InChI=1S/C23H23NO/c1-15-8-9-17-18-6-5-7-19(22(18)25-21(17)12-15)20-13-16(10-11-24-20)14-23(2,3)4/h5-13H,14H2,1-4H3/i1D3,14D2. The molecule has 2 nitrogen and oxygen atoms in total. The zero-order valence-corrected chi connectivity index (χ0v) is 14.6. The number of furan rings is 1. The van der Waals surface area contributed by atoms with Gasteiger partial charge in [0.05, 0.1) is 5.69 Å². The number of nitrogens with zero attached hydrogens (tertiary/aromatic N) is 1. The number of fused-ring (bicyclic) bond motifs is 3. The summed E-state index contributed by atoms with van der Waals surface area (Å²) in [6, 6.07) is 14.1. The maximum absolute atomic E-state index is 8.57. The van der Waals surface area contributed by atoms with Gasteiger partial charge in [0.2, 0.25) is 0 Å². The minimum atomic E-state index is -2.20. The van der Waals surface area contributed by atoms with E-state index < -0.39 is 18.6 Å². The van der Waals surface area contributed by atoms with Crippen LogP contribution in [0.25, 0.3) is 33.2 Å². The summed E-state index contributed by atoms with van der Waals surface area (Å²) in [6.45, 7) is 3.41. The molecule has 0 unspecified atom stereocenters. The third kappa shape index (κ3) is 3.05. The molecule has 126 valence electrons. The Morgan fingerprint density at radius 2 is 1.96 bits per heavy atom. The summed E-state index contributed by atoms with van der Waals surface area (Å²) in [5.41, 5.74) is 2.67. The summed E-state index contributed by atoms with van der Waals surface area (Å²) in [4.78, 5) is 4.47. The van der Waals surface area contributed by atoms with Gasteiger partial charge < -0.3 is 4.42 Å². The molecule has 0 saturated heterocycles. The van der Waals surface area contributed by atoms with Crippen molar-refractivity contribution < 1.29 is 11.3 Å². The van der Waals surface area contributed by atoms with Crippen LogP contribution >= 0.6 is 0 Å². The molecule has 4 rings (SSSR count). The first kappa shape index (κ1) is 11.1. The molecule has 2 aromatic carbocycles. The van der Waals surface area contributed by atoms with E-state index in [0.717, 1.165) is 16.3 Å². The summed E-state index contributed by atoms with van der Waals surface area (Å²) in [5, 5.41) is 1.70. The summed E-state index contributed by atoms with van der Waals surface area (Å²) in [5.74, 6) is 0. The van der Waals surface area contributed by atoms with E-state index in [4.69, 9.17) is 11.3 Å². The van der Waals surface area contributed by atoms with E-state index in [-0.39, 0.29) is 5.56 Å². The Labute approximate surface area is 155 Å². The van der Waals surface area contributed by atoms with E-state index in [9.17, 15) is 0 Å². The van der Waals surface area contributed by atoms with Crippen molar-refractivity contribution in [2.24, 2.45) is 5.41 Å². The Bertz CT molecular complexity index is 1250. The van der Waals surface area contributed by atoms with Gasteiger partial charge in [-0.1, -0.05) is 45.0 Å². The van der Waals surface area contributed by atoms with Gasteiger partial charge in [0.1, 0.15) is 11.2 Å². The smallest absolute Gasteiger partial charge is 0.144 e. The zero-order chi connectivity index (χ0) is 21.9. The molecule has 0 bridgehead atoms. The Kier molecular flexibility index (Phi) is 2.54. The largest absolute Gasteiger partial charge is 0.455 e. The molecule has 2 heteroatoms. The van der Waals surface area contributed by atoms with Gasteiger partial charge in [-0.25, -0.2) is 0 Å². The molecule has 0 atom stereocenters. The molecule has 2 aromatic heterocycles. The van der Waals surface area contributed by atoms with Crippen molar-refractivity contribution in [2.75, 3.05) is 0 Å². The fraction of sp³-hybridized carbons (Fsp3) is 0.261. The third-order valence-corrected chi connectivity index (χ3v) is 4.05. The number of hydrogen-bond acceptors (Lipinski definition) is 2. The van der Waals surface area contributed by atoms with Crippen molar-refractivity contribution in [2.45, 2.75) is 34.0 Å². The van der Waals surface area contributed by atoms with Crippen LogP contribution in [0.15, 0.2) is 59.1 Å². The minimum Gasteiger partial charge on any atom is -0.455 e. The topological polar surface area (TPSA) is 26.0 Å². The molecule has 0 N–H and O–H groups in total. The van der Waals surface area contributed by atoms with Gasteiger partial charge in [0.15, 0.2) is 0 Å². The highest BCUT2D eigenvalue weighted by Crippen LogP contribution is 2.35. The first-order valence-corrected chi connectivity index (χ1v) is 8.32. The number of hydrogen-bond donors (Lipinski definition) is 0. The summed E-state index contributed by atoms with van der Waals surface area (Å²) in [6.07, 6.45) is 0.0729. The van der Waals surface area contributed by atoms with Crippen LogP contribution in [0.5, 0.6) is 0 Å². The number of rotatable bonds is 2. The van der Waals surface area contributed by atoms with Gasteiger partial charge in [-0.05, 0) is 54.0 Å². The maximum Gasteiger partial charge on any atom is 0.144 e. The fourth-order valence-corrected chi connectivity index (χ4v) is 3.09. The van der Waals surface area contributed by atoms with Gasteiger partial charge in [-0.2, -0.15) is 0 Å². The monoisotopic (exact) mass is 334 g/mol. The van der Waals surface area contributed by atoms with Crippen molar-refractivity contribution in [3.05, 3.63) is 65.9 Å². The lowest BCUT2D eigenvalue weighted by molar-refractivity contribution is 0.411. The molecule has 0 fully saturated rings. The van der Waals surface area contributed by atoms with Gasteiger partial charge in [0.25, 0.3) is 0 Å². The Balaban J connectivity index is 1.91. The number of aryl methyl sites for hydroxylation is 1. The van der Waals surface area contributed by atoms with E-state index in [1.54, 1.807) is 36.5 Å². The van der Waals surface area contributed by atoms with Crippen LogP contribution in [0.3, 0.4) is 0 Å². The Hall–Kier alpha value is -2.61. The lowest BCUT2D eigenvalue weighted by atomic mass is 9.88. The SMILES string of the molecule is [2H]C([2H])([2H])c1ccc2c(c1)oc1c(-c3cc(C([2H])([2H])C(C)(C)C)ccn3)cccc12. The van der Waals surface area contributed by atoms with Crippen LogP contribution in [0.1, 0.15) is 38.8 Å². The summed E-state index contributed by atoms with van der Waals surface area (Å²) < 4.78 is 46.1. The molecule has 0 saturated carbocycles. The van der Waals surface area contributed by atoms with Gasteiger partial charge in [-0.3, -0.25) is 4.98 Å². The quantitative estimate of drug-likeness (QED) is 0.415. The van der Waals surface area contributed by atoms with Crippen LogP contribution in [0, 0.1) is 12.3 Å². The average Bonchev–Trinajstić information content (AvgIpc) is 3.04. The van der Waals surface area contributed by atoms with Gasteiger partial charge >= 0.3 is 0 Å². The van der Waals surface area contributed by atoms with Crippen LogP contribution in [-0.4, -0.2) is 4.98 Å². The predicted molar refractivity (Wildman–Crippen MR) is 105 cm³/mol. The highest BCUT2D eigenvalue weighted by Gasteiger charge is 2.15. The van der Waals surface area contributed by atoms with E-state index in [0.29, 0.717) is 22.4 Å². The Morgan fingerprint density at radius 1 is 1.08 bits per heavy atom. The molecule has 0 aliphatic heterocycles. The van der Waals surface area contributed by atoms with Crippen LogP contribution < -0.4 is 0 Å². The molecule has 0 aliphatic rings. The van der Waals surface area contributed by atoms with Gasteiger partial charge in [0, 0.05) is 29.4 Å². The molecule has 0 aliphatic carbocycles. The Morgan fingerprint density at radius 3 is 2.76 bits per heavy atom. The van der Waals surface area contributed by atoms with Gasteiger partial charge in [-0.15, -0.1) is 0 Å². The zero-order valence-electron chi connectivity index (χ0n) is 19.6. The maximum atomic E-state index is 8.57. The summed E-state index contributed by atoms with van der Waals surface area (Å²) >= 11 is 0. The van der Waals surface area contributed by atoms with E-state index in [2.05, 4.69) is 4.98 Å². The normalized spacial score (nSPS) is 16.2. The second-order valence-corrected chi connectivity index (χ2v) is 7.30. The molecular formula is C23H23NO. The molecule has 0 amide bonds. The van der Waals surface area contributed by atoms with Crippen LogP contribution in [-0.2, 0) is 6.37 Å². The molecule has 4 aromatic rings. The second kappa shape index (κ2) is 5.73. The van der Waals surface area contributed by atoms with E-state index in [1.807, 2.05) is 39.0 Å². The van der Waals surface area contributed by atoms with Crippen molar-refractivity contribution >= 4 is 21.9 Å². The van der Waals surface area contributed by atoms with E-state index >= 15 is 0 Å². The molecule has 0 spiro atoms. The van der Waals surface area contributed by atoms with Crippen molar-refractivity contribution in [3.8, 4) is 11.3 Å². The average molecular weight is 334 g/mol. The minimum absolute atomic E-state index is 0.231. The van der Waals surface area contributed by atoms with E-state index in [1.165, 1.54) is 0 Å². The van der Waals surface area contributed by atoms with Crippen molar-refractivity contribution in [3.63, 3.8) is 0 Å². The van der Waals surface area contributed by atoms with Crippen molar-refractivity contribution in [1.82, 2.24) is 4.98 Å². The highest BCUT2D eigenvalue weighted by atomic mass is 16.3. The third-order valence-electron chi connectivity index (χ3n) is 4.05. The van der Waals surface area contributed by atoms with Crippen molar-refractivity contribution in [1.29, 1.82) is 0 Å². The molecule has 0 radical (unpaired) electrons. The fourth-order valence-electron chi connectivity index (χ4n) is 3.09. The highest BCUT2D eigenvalue weighted by molar-refractivity contribution is 6.09. The molecule has 2 heterocycles. The first-order valence-electron chi connectivity index (χ1n) is 10.8. The number of aromatic nitrogens is 1. The van der Waals surface area contributed by atoms with Crippen LogP contribution in [0.2, 0.25) is 0 Å². The number of para-hydroxylation sites is 1. The summed E-state index contributed by atoms with van der Waals surface area (Å²) in [7, 11) is 0. The lowest BCUT2D eigenvalue weighted by Gasteiger charge is -2.18. The lowest BCUT2D eigenvalue weighted by Crippen LogP contribution is -2.09. The second-order valence-electron chi connectivity index (χ2n) is 7.30. The van der Waals surface area contributed by atoms with Crippen LogP contribution in [0.4, 0.5) is 0 Å². The molecule has 25 heavy (non-hydrogen) atoms. The molecular weight excluding hydrogens is 306 g/mol. The number of pyridine rings is 1. The number of benzene rings is 2.